The molecule has 2 rings (SSSR count). The van der Waals surface area contributed by atoms with E-state index >= 15 is 0 Å². The number of rotatable bonds is 5. The molecule has 0 spiro atoms. The molecule has 100 valence electrons. The highest BCUT2D eigenvalue weighted by molar-refractivity contribution is 6.30. The second kappa shape index (κ2) is 6.55. The second-order valence-corrected chi connectivity index (χ2v) is 4.68. The number of ether oxygens (including phenoxy) is 1. The number of benzene rings is 1. The highest BCUT2D eigenvalue weighted by atomic mass is 35.5. The first-order valence-electron chi connectivity index (χ1n) is 6.29. The maximum absolute atomic E-state index is 5.94. The van der Waals surface area contributed by atoms with Gasteiger partial charge in [-0.25, -0.2) is 4.98 Å². The van der Waals surface area contributed by atoms with E-state index in [1.807, 2.05) is 31.3 Å². The summed E-state index contributed by atoms with van der Waals surface area (Å²) >= 11 is 5.94. The Balaban J connectivity index is 2.26. The Morgan fingerprint density at radius 2 is 2.11 bits per heavy atom. The lowest BCUT2D eigenvalue weighted by Gasteiger charge is -2.09. The summed E-state index contributed by atoms with van der Waals surface area (Å²) in [6.45, 7) is 2.87. The largest absolute Gasteiger partial charge is 0.439 e. The highest BCUT2D eigenvalue weighted by Crippen LogP contribution is 2.24. The van der Waals surface area contributed by atoms with Crippen LogP contribution in [0.4, 0.5) is 0 Å². The molecular weight excluding hydrogens is 260 g/mol. The molecule has 0 atom stereocenters. The number of aromatic nitrogens is 1. The van der Waals surface area contributed by atoms with Crippen LogP contribution in [0.3, 0.4) is 0 Å². The molecule has 1 heterocycles. The molecule has 3 nitrogen and oxygen atoms in total. The van der Waals surface area contributed by atoms with Crippen molar-refractivity contribution in [2.75, 3.05) is 7.05 Å². The lowest BCUT2D eigenvalue weighted by Crippen LogP contribution is -2.06. The van der Waals surface area contributed by atoms with Gasteiger partial charge in [0.25, 0.3) is 0 Å². The number of hydrogen-bond donors (Lipinski definition) is 1. The first kappa shape index (κ1) is 13.8. The summed E-state index contributed by atoms with van der Waals surface area (Å²) in [5, 5.41) is 3.78. The smallest absolute Gasteiger partial charge is 0.219 e. The Bertz CT molecular complexity index is 558. The zero-order chi connectivity index (χ0) is 13.7. The van der Waals surface area contributed by atoms with E-state index in [0.29, 0.717) is 16.7 Å². The van der Waals surface area contributed by atoms with Crippen molar-refractivity contribution in [1.29, 1.82) is 0 Å². The first-order chi connectivity index (χ1) is 9.21. The van der Waals surface area contributed by atoms with Crippen LogP contribution in [0.2, 0.25) is 5.02 Å². The van der Waals surface area contributed by atoms with Gasteiger partial charge in [0.05, 0.1) is 0 Å². The maximum Gasteiger partial charge on any atom is 0.219 e. The average Bonchev–Trinajstić information content (AvgIpc) is 2.39. The van der Waals surface area contributed by atoms with Gasteiger partial charge in [0.15, 0.2) is 0 Å². The molecule has 2 aromatic rings. The van der Waals surface area contributed by atoms with Crippen LogP contribution in [0.5, 0.6) is 11.6 Å². The average molecular weight is 277 g/mol. The number of nitrogens with zero attached hydrogens (tertiary/aromatic N) is 1. The zero-order valence-corrected chi connectivity index (χ0v) is 11.9. The fraction of sp³-hybridized carbons (Fsp3) is 0.267. The third-order valence-electron chi connectivity index (χ3n) is 2.68. The SMILES string of the molecule is CCc1cc(CNC)cc(Oc2cccc(Cl)c2)n1. The van der Waals surface area contributed by atoms with E-state index < -0.39 is 0 Å². The van der Waals surface area contributed by atoms with Crippen molar-refractivity contribution in [2.45, 2.75) is 19.9 Å². The molecule has 4 heteroatoms. The van der Waals surface area contributed by atoms with Gasteiger partial charge < -0.3 is 10.1 Å². The monoisotopic (exact) mass is 276 g/mol. The molecule has 1 aromatic heterocycles. The number of aryl methyl sites for hydroxylation is 1. The third-order valence-corrected chi connectivity index (χ3v) is 2.91. The van der Waals surface area contributed by atoms with E-state index in [9.17, 15) is 0 Å². The van der Waals surface area contributed by atoms with E-state index in [2.05, 4.69) is 23.3 Å². The van der Waals surface area contributed by atoms with Crippen LogP contribution in [-0.2, 0) is 13.0 Å². The van der Waals surface area contributed by atoms with Crippen molar-refractivity contribution in [3.63, 3.8) is 0 Å². The summed E-state index contributed by atoms with van der Waals surface area (Å²) in [5.74, 6) is 1.30. The maximum atomic E-state index is 5.94. The van der Waals surface area contributed by atoms with Crippen molar-refractivity contribution in [1.82, 2.24) is 10.3 Å². The Hall–Kier alpha value is -1.58. The van der Waals surface area contributed by atoms with E-state index in [1.165, 1.54) is 0 Å². The van der Waals surface area contributed by atoms with Gasteiger partial charge in [-0.1, -0.05) is 24.6 Å². The van der Waals surface area contributed by atoms with Gasteiger partial charge in [-0.15, -0.1) is 0 Å². The molecule has 0 unspecified atom stereocenters. The van der Waals surface area contributed by atoms with Crippen LogP contribution in [0, 0.1) is 0 Å². The number of hydrogen-bond acceptors (Lipinski definition) is 3. The summed E-state index contributed by atoms with van der Waals surface area (Å²) in [4.78, 5) is 4.47. The van der Waals surface area contributed by atoms with E-state index in [-0.39, 0.29) is 0 Å². The molecule has 19 heavy (non-hydrogen) atoms. The van der Waals surface area contributed by atoms with E-state index in [0.717, 1.165) is 24.2 Å². The summed E-state index contributed by atoms with van der Waals surface area (Å²) in [6, 6.07) is 11.3. The molecule has 0 bridgehead atoms. The minimum atomic E-state index is 0.604. The van der Waals surface area contributed by atoms with Gasteiger partial charge in [0, 0.05) is 23.3 Å². The molecule has 0 amide bonds. The lowest BCUT2D eigenvalue weighted by atomic mass is 10.2. The minimum absolute atomic E-state index is 0.604. The minimum Gasteiger partial charge on any atom is -0.439 e. The fourth-order valence-corrected chi connectivity index (χ4v) is 1.99. The summed E-state index contributed by atoms with van der Waals surface area (Å²) in [5.41, 5.74) is 2.18. The molecule has 0 radical (unpaired) electrons. The van der Waals surface area contributed by atoms with Crippen molar-refractivity contribution < 1.29 is 4.74 Å². The van der Waals surface area contributed by atoms with Gasteiger partial charge in [-0.05, 0) is 43.3 Å². The Morgan fingerprint density at radius 1 is 1.26 bits per heavy atom. The highest BCUT2D eigenvalue weighted by Gasteiger charge is 2.04. The second-order valence-electron chi connectivity index (χ2n) is 4.25. The van der Waals surface area contributed by atoms with Crippen molar-refractivity contribution in [3.8, 4) is 11.6 Å². The Labute approximate surface area is 118 Å². The van der Waals surface area contributed by atoms with Crippen LogP contribution in [0.1, 0.15) is 18.2 Å². The molecule has 1 N–H and O–H groups in total. The standard InChI is InChI=1S/C15H17ClN2O/c1-3-13-7-11(10-17-2)8-15(18-13)19-14-6-4-5-12(16)9-14/h4-9,17H,3,10H2,1-2H3. The van der Waals surface area contributed by atoms with Crippen molar-refractivity contribution >= 4 is 11.6 Å². The van der Waals surface area contributed by atoms with Gasteiger partial charge in [-0.3, -0.25) is 0 Å². The molecule has 0 fully saturated rings. The van der Waals surface area contributed by atoms with Crippen LogP contribution in [0.15, 0.2) is 36.4 Å². The normalized spacial score (nSPS) is 10.5. The summed E-state index contributed by atoms with van der Waals surface area (Å²) < 4.78 is 5.77. The van der Waals surface area contributed by atoms with Gasteiger partial charge >= 0.3 is 0 Å². The molecular formula is C15H17ClN2O. The fourth-order valence-electron chi connectivity index (χ4n) is 1.81. The Morgan fingerprint density at radius 3 is 2.79 bits per heavy atom. The molecule has 0 saturated carbocycles. The van der Waals surface area contributed by atoms with Crippen LogP contribution < -0.4 is 10.1 Å². The van der Waals surface area contributed by atoms with Crippen LogP contribution in [0.25, 0.3) is 0 Å². The topological polar surface area (TPSA) is 34.1 Å². The summed E-state index contributed by atoms with van der Waals surface area (Å²) in [7, 11) is 1.92. The quantitative estimate of drug-likeness (QED) is 0.902. The lowest BCUT2D eigenvalue weighted by molar-refractivity contribution is 0.460. The summed E-state index contributed by atoms with van der Waals surface area (Å²) in [6.07, 6.45) is 0.878. The van der Waals surface area contributed by atoms with Crippen LogP contribution >= 0.6 is 11.6 Å². The van der Waals surface area contributed by atoms with Gasteiger partial charge in [0.1, 0.15) is 5.75 Å². The number of pyridine rings is 1. The third kappa shape index (κ3) is 3.94. The Kier molecular flexibility index (Phi) is 4.77. The van der Waals surface area contributed by atoms with Crippen molar-refractivity contribution in [2.24, 2.45) is 0 Å². The predicted octanol–water partition coefficient (Wildman–Crippen LogP) is 3.81. The molecule has 0 aliphatic heterocycles. The van der Waals surface area contributed by atoms with E-state index in [1.54, 1.807) is 6.07 Å². The number of nitrogens with one attached hydrogen (secondary N) is 1. The first-order valence-corrected chi connectivity index (χ1v) is 6.67. The molecule has 1 aromatic carbocycles. The molecule has 0 aliphatic rings. The molecule has 0 saturated heterocycles. The zero-order valence-electron chi connectivity index (χ0n) is 11.1. The number of halogens is 1. The van der Waals surface area contributed by atoms with Gasteiger partial charge in [-0.2, -0.15) is 0 Å². The predicted molar refractivity (Wildman–Crippen MR) is 77.9 cm³/mol. The van der Waals surface area contributed by atoms with Gasteiger partial charge in [0.2, 0.25) is 5.88 Å². The van der Waals surface area contributed by atoms with Crippen LogP contribution in [-0.4, -0.2) is 12.0 Å². The molecule has 0 aliphatic carbocycles. The van der Waals surface area contributed by atoms with E-state index in [4.69, 9.17) is 16.3 Å². The van der Waals surface area contributed by atoms with Crippen molar-refractivity contribution in [3.05, 3.63) is 52.7 Å².